The fourth-order valence-electron chi connectivity index (χ4n) is 2.46. The monoisotopic (exact) mass is 394 g/mol. The molecule has 0 saturated heterocycles. The summed E-state index contributed by atoms with van der Waals surface area (Å²) in [5, 5.41) is 15.4. The van der Waals surface area contributed by atoms with Gasteiger partial charge in [-0.2, -0.15) is 0 Å². The minimum atomic E-state index is 0.577. The third-order valence-electron chi connectivity index (χ3n) is 3.61. The fourth-order valence-corrected chi connectivity index (χ4v) is 4.25. The smallest absolute Gasteiger partial charge is 0.209 e. The van der Waals surface area contributed by atoms with Crippen molar-refractivity contribution in [1.82, 2.24) is 20.2 Å². The molecule has 0 spiro atoms. The third-order valence-corrected chi connectivity index (χ3v) is 5.78. The van der Waals surface area contributed by atoms with Gasteiger partial charge in [-0.15, -0.1) is 16.4 Å². The van der Waals surface area contributed by atoms with Crippen LogP contribution in [0.15, 0.2) is 34.8 Å². The van der Waals surface area contributed by atoms with E-state index >= 15 is 0 Å². The van der Waals surface area contributed by atoms with Gasteiger partial charge in [0.2, 0.25) is 5.16 Å². The van der Waals surface area contributed by atoms with Gasteiger partial charge in [-0.05, 0) is 39.6 Å². The van der Waals surface area contributed by atoms with E-state index in [2.05, 4.69) is 21.6 Å². The number of benzene rings is 1. The van der Waals surface area contributed by atoms with Crippen molar-refractivity contribution in [3.8, 4) is 11.5 Å². The molecule has 0 N–H and O–H groups in total. The minimum Gasteiger partial charge on any atom is -0.489 e. The first-order chi connectivity index (χ1) is 12.3. The van der Waals surface area contributed by atoms with E-state index in [1.54, 1.807) is 27.8 Å². The Balaban J connectivity index is 1.48. The van der Waals surface area contributed by atoms with Crippen molar-refractivity contribution in [2.24, 2.45) is 0 Å². The molecule has 1 aliphatic heterocycles. The molecule has 3 heterocycles. The summed E-state index contributed by atoms with van der Waals surface area (Å²) in [6.45, 7) is 1.94. The predicted molar refractivity (Wildman–Crippen MR) is 97.9 cm³/mol. The largest absolute Gasteiger partial charge is 0.489 e. The number of hydrogen-bond acceptors (Lipinski definition) is 7. The second-order valence-corrected chi connectivity index (χ2v) is 7.82. The lowest BCUT2D eigenvalue weighted by molar-refractivity contribution is 0.297. The quantitative estimate of drug-likeness (QED) is 0.612. The van der Waals surface area contributed by atoms with Crippen LogP contribution in [0.25, 0.3) is 0 Å². The van der Waals surface area contributed by atoms with Crippen molar-refractivity contribution in [3.05, 3.63) is 45.1 Å². The number of thiophene rings is 1. The third kappa shape index (κ3) is 3.91. The van der Waals surface area contributed by atoms with Crippen LogP contribution in [0, 0.1) is 0 Å². The molecule has 9 heteroatoms. The maximum atomic E-state index is 6.35. The highest BCUT2D eigenvalue weighted by Gasteiger charge is 2.16. The van der Waals surface area contributed by atoms with Crippen molar-refractivity contribution in [3.63, 3.8) is 0 Å². The van der Waals surface area contributed by atoms with Gasteiger partial charge in [0.25, 0.3) is 0 Å². The zero-order valence-electron chi connectivity index (χ0n) is 13.2. The van der Waals surface area contributed by atoms with E-state index < -0.39 is 0 Å². The van der Waals surface area contributed by atoms with Crippen LogP contribution in [-0.4, -0.2) is 33.4 Å². The molecule has 0 fully saturated rings. The lowest BCUT2D eigenvalue weighted by Gasteiger charge is -2.11. The zero-order chi connectivity index (χ0) is 17.1. The maximum absolute atomic E-state index is 6.35. The van der Waals surface area contributed by atoms with Crippen LogP contribution >= 0.6 is 34.7 Å². The second-order valence-electron chi connectivity index (χ2n) is 5.44. The number of aromatic nitrogens is 4. The van der Waals surface area contributed by atoms with E-state index in [1.807, 2.05) is 23.6 Å². The summed E-state index contributed by atoms with van der Waals surface area (Å²) in [6, 6.07) is 7.99. The average molecular weight is 395 g/mol. The van der Waals surface area contributed by atoms with Crippen LogP contribution in [0.3, 0.4) is 0 Å². The number of fused-ring (bicyclic) bond motifs is 1. The van der Waals surface area contributed by atoms with Gasteiger partial charge in [-0.3, -0.25) is 0 Å². The summed E-state index contributed by atoms with van der Waals surface area (Å²) < 4.78 is 13.2. The topological polar surface area (TPSA) is 62.1 Å². The number of rotatable bonds is 5. The molecular weight excluding hydrogens is 380 g/mol. The van der Waals surface area contributed by atoms with Crippen LogP contribution in [0.2, 0.25) is 5.02 Å². The lowest BCUT2D eigenvalue weighted by atomic mass is 10.2. The van der Waals surface area contributed by atoms with Crippen molar-refractivity contribution in [2.75, 3.05) is 13.2 Å². The Kier molecular flexibility index (Phi) is 5.09. The van der Waals surface area contributed by atoms with Gasteiger partial charge in [-0.1, -0.05) is 29.4 Å². The van der Waals surface area contributed by atoms with Gasteiger partial charge in [0.15, 0.2) is 11.5 Å². The molecule has 3 aromatic rings. The van der Waals surface area contributed by atoms with E-state index in [0.29, 0.717) is 42.0 Å². The Bertz CT molecular complexity index is 854. The number of tetrazole rings is 1. The second kappa shape index (κ2) is 7.63. The standard InChI is InChI=1S/C16H15ClN4O2S2/c17-13-7-11(8-14-15(13)23-5-2-4-22-14)10-25-16-18-19-20-21(16)9-12-3-1-6-24-12/h1,3,6-8H,2,4-5,9-10H2. The Morgan fingerprint density at radius 1 is 1.28 bits per heavy atom. The first kappa shape index (κ1) is 16.7. The van der Waals surface area contributed by atoms with Crippen molar-refractivity contribution in [1.29, 1.82) is 0 Å². The Morgan fingerprint density at radius 2 is 2.20 bits per heavy atom. The normalized spacial score (nSPS) is 13.6. The van der Waals surface area contributed by atoms with Crippen LogP contribution in [0.4, 0.5) is 0 Å². The summed E-state index contributed by atoms with van der Waals surface area (Å²) >= 11 is 9.61. The molecule has 0 saturated carbocycles. The van der Waals surface area contributed by atoms with Gasteiger partial charge < -0.3 is 9.47 Å². The Morgan fingerprint density at radius 3 is 3.08 bits per heavy atom. The number of nitrogens with zero attached hydrogens (tertiary/aromatic N) is 4. The van der Waals surface area contributed by atoms with Gasteiger partial charge in [0, 0.05) is 17.1 Å². The molecule has 25 heavy (non-hydrogen) atoms. The number of hydrogen-bond donors (Lipinski definition) is 0. The van der Waals surface area contributed by atoms with E-state index in [1.165, 1.54) is 4.88 Å². The van der Waals surface area contributed by atoms with Gasteiger partial charge in [-0.25, -0.2) is 4.68 Å². The Labute approximate surface area is 158 Å². The molecule has 0 radical (unpaired) electrons. The summed E-state index contributed by atoms with van der Waals surface area (Å²) in [5.41, 5.74) is 1.05. The molecular formula is C16H15ClN4O2S2. The lowest BCUT2D eigenvalue weighted by Crippen LogP contribution is -2.02. The van der Waals surface area contributed by atoms with Crippen LogP contribution in [0.5, 0.6) is 11.5 Å². The highest BCUT2D eigenvalue weighted by atomic mass is 35.5. The molecule has 0 atom stereocenters. The summed E-state index contributed by atoms with van der Waals surface area (Å²) in [4.78, 5) is 1.22. The van der Waals surface area contributed by atoms with Crippen molar-refractivity contribution >= 4 is 34.7 Å². The first-order valence-electron chi connectivity index (χ1n) is 7.79. The molecule has 0 bridgehead atoms. The predicted octanol–water partition coefficient (Wildman–Crippen LogP) is 3.89. The summed E-state index contributed by atoms with van der Waals surface area (Å²) in [6.07, 6.45) is 0.854. The molecule has 4 rings (SSSR count). The number of halogens is 1. The SMILES string of the molecule is Clc1cc(CSc2nnnn2Cc2cccs2)cc2c1OCCCO2. The summed E-state index contributed by atoms with van der Waals surface area (Å²) in [5.74, 6) is 2.04. The average Bonchev–Trinajstić information content (AvgIpc) is 3.21. The fraction of sp³-hybridized carbons (Fsp3) is 0.312. The zero-order valence-corrected chi connectivity index (χ0v) is 15.6. The van der Waals surface area contributed by atoms with E-state index in [-0.39, 0.29) is 0 Å². The van der Waals surface area contributed by atoms with Crippen LogP contribution < -0.4 is 9.47 Å². The van der Waals surface area contributed by atoms with Gasteiger partial charge in [0.1, 0.15) is 0 Å². The van der Waals surface area contributed by atoms with Gasteiger partial charge >= 0.3 is 0 Å². The number of ether oxygens (including phenoxy) is 2. The van der Waals surface area contributed by atoms with Crippen LogP contribution in [0.1, 0.15) is 16.9 Å². The summed E-state index contributed by atoms with van der Waals surface area (Å²) in [7, 11) is 0. The highest BCUT2D eigenvalue weighted by molar-refractivity contribution is 7.98. The molecule has 1 aliphatic rings. The molecule has 0 aliphatic carbocycles. The Hall–Kier alpha value is -1.77. The van der Waals surface area contributed by atoms with Crippen LogP contribution in [-0.2, 0) is 12.3 Å². The first-order valence-corrected chi connectivity index (χ1v) is 10.0. The minimum absolute atomic E-state index is 0.577. The molecule has 130 valence electrons. The van der Waals surface area contributed by atoms with E-state index in [9.17, 15) is 0 Å². The molecule has 0 unspecified atom stereocenters. The molecule has 0 amide bonds. The van der Waals surface area contributed by atoms with Crippen molar-refractivity contribution in [2.45, 2.75) is 23.9 Å². The van der Waals surface area contributed by atoms with Crippen molar-refractivity contribution < 1.29 is 9.47 Å². The molecule has 1 aromatic carbocycles. The maximum Gasteiger partial charge on any atom is 0.209 e. The van der Waals surface area contributed by atoms with E-state index in [0.717, 1.165) is 17.1 Å². The van der Waals surface area contributed by atoms with E-state index in [4.69, 9.17) is 21.1 Å². The molecule has 2 aromatic heterocycles. The van der Waals surface area contributed by atoms with Gasteiger partial charge in [0.05, 0.1) is 24.8 Å². The molecule has 6 nitrogen and oxygen atoms in total. The highest BCUT2D eigenvalue weighted by Crippen LogP contribution is 2.39. The number of thioether (sulfide) groups is 1.